The van der Waals surface area contributed by atoms with E-state index in [2.05, 4.69) is 11.8 Å². The van der Waals surface area contributed by atoms with E-state index in [4.69, 9.17) is 5.73 Å². The monoisotopic (exact) mass is 289 g/mol. The molecule has 0 saturated carbocycles. The van der Waals surface area contributed by atoms with Crippen LogP contribution in [0.2, 0.25) is 0 Å². The zero-order valence-corrected chi connectivity index (χ0v) is 13.2. The molecule has 0 aliphatic carbocycles. The largest absolute Gasteiger partial charge is 0.336 e. The zero-order chi connectivity index (χ0) is 15.2. The van der Waals surface area contributed by atoms with Crippen LogP contribution in [0.3, 0.4) is 0 Å². The van der Waals surface area contributed by atoms with Crippen LogP contribution in [0.5, 0.6) is 0 Å². The minimum Gasteiger partial charge on any atom is -0.336 e. The Kier molecular flexibility index (Phi) is 5.76. The Morgan fingerprint density at radius 3 is 2.33 bits per heavy atom. The summed E-state index contributed by atoms with van der Waals surface area (Å²) >= 11 is 0. The molecule has 1 unspecified atom stereocenters. The maximum atomic E-state index is 12.5. The molecule has 1 heterocycles. The number of carbonyl (C=O) groups excluding carboxylic acids is 1. The van der Waals surface area contributed by atoms with Gasteiger partial charge in [-0.05, 0) is 25.5 Å². The fourth-order valence-corrected chi connectivity index (χ4v) is 2.95. The molecule has 4 heteroatoms. The summed E-state index contributed by atoms with van der Waals surface area (Å²) in [4.78, 5) is 16.9. The molecule has 21 heavy (non-hydrogen) atoms. The van der Waals surface area contributed by atoms with Crippen LogP contribution in [0, 0.1) is 6.92 Å². The van der Waals surface area contributed by atoms with E-state index >= 15 is 0 Å². The number of benzene rings is 1. The number of hydrogen-bond donors (Lipinski definition) is 1. The number of aryl methyl sites for hydroxylation is 1. The average Bonchev–Trinajstić information content (AvgIpc) is 2.53. The normalized spacial score (nSPS) is 17.8. The van der Waals surface area contributed by atoms with E-state index in [9.17, 15) is 4.79 Å². The van der Waals surface area contributed by atoms with Crippen molar-refractivity contribution in [1.82, 2.24) is 9.80 Å². The van der Waals surface area contributed by atoms with E-state index in [1.54, 1.807) is 0 Å². The highest BCUT2D eigenvalue weighted by Gasteiger charge is 2.25. The Bertz CT molecular complexity index is 450. The number of hydrogen-bond acceptors (Lipinski definition) is 3. The molecule has 116 valence electrons. The molecule has 1 aromatic rings. The van der Waals surface area contributed by atoms with Crippen molar-refractivity contribution in [2.45, 2.75) is 32.7 Å². The van der Waals surface area contributed by atoms with Gasteiger partial charge in [0.05, 0.1) is 0 Å². The molecule has 0 bridgehead atoms. The van der Waals surface area contributed by atoms with Crippen LogP contribution in [-0.4, -0.2) is 54.5 Å². The molecule has 1 aliphatic rings. The molecule has 2 N–H and O–H groups in total. The smallest absolute Gasteiger partial charge is 0.253 e. The topological polar surface area (TPSA) is 49.6 Å². The quantitative estimate of drug-likeness (QED) is 0.900. The maximum absolute atomic E-state index is 12.5. The molecular weight excluding hydrogens is 262 g/mol. The van der Waals surface area contributed by atoms with Gasteiger partial charge in [0.15, 0.2) is 0 Å². The summed E-state index contributed by atoms with van der Waals surface area (Å²) in [7, 11) is 0. The van der Waals surface area contributed by atoms with Gasteiger partial charge in [-0.3, -0.25) is 9.69 Å². The minimum absolute atomic E-state index is 0.148. The lowest BCUT2D eigenvalue weighted by molar-refractivity contribution is 0.0566. The van der Waals surface area contributed by atoms with Crippen LogP contribution in [0.15, 0.2) is 24.3 Å². The van der Waals surface area contributed by atoms with Crippen molar-refractivity contribution in [3.05, 3.63) is 35.4 Å². The van der Waals surface area contributed by atoms with Gasteiger partial charge in [0.1, 0.15) is 0 Å². The van der Waals surface area contributed by atoms with Gasteiger partial charge in [0.2, 0.25) is 0 Å². The third kappa shape index (κ3) is 4.05. The number of carbonyl (C=O) groups is 1. The predicted molar refractivity (Wildman–Crippen MR) is 86.4 cm³/mol. The first kappa shape index (κ1) is 16.0. The second-order valence-electron chi connectivity index (χ2n) is 5.87. The average molecular weight is 289 g/mol. The Labute approximate surface area is 127 Å². The van der Waals surface area contributed by atoms with Crippen LogP contribution >= 0.6 is 0 Å². The summed E-state index contributed by atoms with van der Waals surface area (Å²) in [5, 5.41) is 0. The van der Waals surface area contributed by atoms with E-state index in [0.29, 0.717) is 12.6 Å². The highest BCUT2D eigenvalue weighted by atomic mass is 16.2. The molecule has 2 rings (SSSR count). The van der Waals surface area contributed by atoms with Gasteiger partial charge in [0, 0.05) is 44.3 Å². The van der Waals surface area contributed by atoms with Crippen molar-refractivity contribution in [2.24, 2.45) is 5.73 Å². The van der Waals surface area contributed by atoms with Crippen molar-refractivity contribution in [3.63, 3.8) is 0 Å². The zero-order valence-electron chi connectivity index (χ0n) is 13.2. The van der Waals surface area contributed by atoms with Gasteiger partial charge in [-0.2, -0.15) is 0 Å². The second-order valence-corrected chi connectivity index (χ2v) is 5.87. The van der Waals surface area contributed by atoms with Gasteiger partial charge in [-0.1, -0.05) is 31.0 Å². The molecule has 1 atom stereocenters. The summed E-state index contributed by atoms with van der Waals surface area (Å²) in [6.07, 6.45) is 2.30. The van der Waals surface area contributed by atoms with Crippen LogP contribution in [0.25, 0.3) is 0 Å². The molecule has 1 aromatic carbocycles. The Morgan fingerprint density at radius 1 is 1.19 bits per heavy atom. The molecule has 4 nitrogen and oxygen atoms in total. The Balaban J connectivity index is 1.91. The van der Waals surface area contributed by atoms with E-state index in [1.807, 2.05) is 36.1 Å². The summed E-state index contributed by atoms with van der Waals surface area (Å²) in [5.74, 6) is 0.148. The van der Waals surface area contributed by atoms with Gasteiger partial charge >= 0.3 is 0 Å². The van der Waals surface area contributed by atoms with Crippen molar-refractivity contribution in [2.75, 3.05) is 32.7 Å². The lowest BCUT2D eigenvalue weighted by Gasteiger charge is -2.39. The number of rotatable bonds is 5. The first-order chi connectivity index (χ1) is 10.2. The molecule has 1 fully saturated rings. The van der Waals surface area contributed by atoms with Gasteiger partial charge in [-0.25, -0.2) is 0 Å². The van der Waals surface area contributed by atoms with Crippen molar-refractivity contribution in [3.8, 4) is 0 Å². The van der Waals surface area contributed by atoms with E-state index < -0.39 is 0 Å². The number of piperazine rings is 1. The van der Waals surface area contributed by atoms with E-state index in [0.717, 1.165) is 44.6 Å². The first-order valence-corrected chi connectivity index (χ1v) is 7.95. The Morgan fingerprint density at radius 2 is 1.81 bits per heavy atom. The second kappa shape index (κ2) is 7.57. The third-order valence-electron chi connectivity index (χ3n) is 4.31. The minimum atomic E-state index is 0.148. The SMILES string of the molecule is CCCC(CN)N1CCN(C(=O)c2ccc(C)cc2)CC1. The van der Waals surface area contributed by atoms with Gasteiger partial charge in [-0.15, -0.1) is 0 Å². The molecule has 0 spiro atoms. The number of amides is 1. The third-order valence-corrected chi connectivity index (χ3v) is 4.31. The maximum Gasteiger partial charge on any atom is 0.253 e. The van der Waals surface area contributed by atoms with Crippen LogP contribution in [0.1, 0.15) is 35.7 Å². The van der Waals surface area contributed by atoms with Crippen LogP contribution < -0.4 is 5.73 Å². The highest BCUT2D eigenvalue weighted by Crippen LogP contribution is 2.13. The predicted octanol–water partition coefficient (Wildman–Crippen LogP) is 1.88. The van der Waals surface area contributed by atoms with Crippen LogP contribution in [0.4, 0.5) is 0 Å². The Hall–Kier alpha value is -1.39. The molecule has 1 aliphatic heterocycles. The summed E-state index contributed by atoms with van der Waals surface area (Å²) in [6, 6.07) is 8.30. The highest BCUT2D eigenvalue weighted by molar-refractivity contribution is 5.94. The lowest BCUT2D eigenvalue weighted by atomic mass is 10.1. The molecule has 0 aromatic heterocycles. The number of nitrogens with zero attached hydrogens (tertiary/aromatic N) is 2. The van der Waals surface area contributed by atoms with E-state index in [-0.39, 0.29) is 5.91 Å². The van der Waals surface area contributed by atoms with Crippen molar-refractivity contribution < 1.29 is 4.79 Å². The summed E-state index contributed by atoms with van der Waals surface area (Å²) in [5.41, 5.74) is 7.84. The fourth-order valence-electron chi connectivity index (χ4n) is 2.95. The molecule has 1 amide bonds. The summed E-state index contributed by atoms with van der Waals surface area (Å²) < 4.78 is 0. The molecular formula is C17H27N3O. The molecule has 1 saturated heterocycles. The fraction of sp³-hybridized carbons (Fsp3) is 0.588. The summed E-state index contributed by atoms with van der Waals surface area (Å²) in [6.45, 7) is 8.39. The van der Waals surface area contributed by atoms with Crippen molar-refractivity contribution in [1.29, 1.82) is 0 Å². The standard InChI is InChI=1S/C17H27N3O/c1-3-4-16(13-18)19-9-11-20(12-10-19)17(21)15-7-5-14(2)6-8-15/h5-8,16H,3-4,9-13,18H2,1-2H3. The van der Waals surface area contributed by atoms with Crippen molar-refractivity contribution >= 4 is 5.91 Å². The van der Waals surface area contributed by atoms with E-state index in [1.165, 1.54) is 5.56 Å². The molecule has 0 radical (unpaired) electrons. The van der Waals surface area contributed by atoms with Gasteiger partial charge in [0.25, 0.3) is 5.91 Å². The van der Waals surface area contributed by atoms with Crippen LogP contribution in [-0.2, 0) is 0 Å². The number of nitrogens with two attached hydrogens (primary N) is 1. The van der Waals surface area contributed by atoms with Gasteiger partial charge < -0.3 is 10.6 Å². The first-order valence-electron chi connectivity index (χ1n) is 7.95. The lowest BCUT2D eigenvalue weighted by Crippen LogP contribution is -2.53.